The van der Waals surface area contributed by atoms with Gasteiger partial charge in [0.05, 0.1) is 22.9 Å². The standard InChI is InChI=1S/C14H20N2O3S/c1-14(2)9-10-7-11(15)12(8-13(10)19-14)16-3-5-20(17,18)6-4-16/h7-8H,3-6,9,15H2,1-2H3. The van der Waals surface area contributed by atoms with Gasteiger partial charge in [0.15, 0.2) is 9.84 Å². The van der Waals surface area contributed by atoms with Crippen LogP contribution in [0.25, 0.3) is 0 Å². The molecule has 2 heterocycles. The minimum absolute atomic E-state index is 0.190. The van der Waals surface area contributed by atoms with Crippen molar-refractivity contribution in [3.05, 3.63) is 17.7 Å². The summed E-state index contributed by atoms with van der Waals surface area (Å²) in [5.74, 6) is 1.25. The molecule has 1 aromatic rings. The zero-order valence-electron chi connectivity index (χ0n) is 11.8. The second-order valence-electron chi connectivity index (χ2n) is 6.20. The normalized spacial score (nSPS) is 23.2. The third-order valence-electron chi connectivity index (χ3n) is 3.90. The summed E-state index contributed by atoms with van der Waals surface area (Å²) in [7, 11) is -2.88. The molecule has 0 amide bonds. The van der Waals surface area contributed by atoms with Crippen LogP contribution < -0.4 is 15.4 Å². The van der Waals surface area contributed by atoms with E-state index in [1.165, 1.54) is 0 Å². The van der Waals surface area contributed by atoms with E-state index in [9.17, 15) is 8.42 Å². The summed E-state index contributed by atoms with van der Waals surface area (Å²) >= 11 is 0. The maximum atomic E-state index is 11.5. The minimum atomic E-state index is -2.88. The number of anilines is 2. The Morgan fingerprint density at radius 3 is 2.55 bits per heavy atom. The number of ether oxygens (including phenoxy) is 1. The van der Waals surface area contributed by atoms with Gasteiger partial charge in [0.1, 0.15) is 11.4 Å². The van der Waals surface area contributed by atoms with Gasteiger partial charge in [-0.2, -0.15) is 0 Å². The van der Waals surface area contributed by atoms with E-state index < -0.39 is 9.84 Å². The second-order valence-corrected chi connectivity index (χ2v) is 8.50. The summed E-state index contributed by atoms with van der Waals surface area (Å²) in [5.41, 5.74) is 8.65. The molecule has 5 nitrogen and oxygen atoms in total. The van der Waals surface area contributed by atoms with Crippen molar-refractivity contribution in [1.29, 1.82) is 0 Å². The number of rotatable bonds is 1. The highest BCUT2D eigenvalue weighted by atomic mass is 32.2. The summed E-state index contributed by atoms with van der Waals surface area (Å²) < 4.78 is 28.9. The summed E-state index contributed by atoms with van der Waals surface area (Å²) in [6.45, 7) is 5.09. The summed E-state index contributed by atoms with van der Waals surface area (Å²) in [4.78, 5) is 2.03. The first kappa shape index (κ1) is 13.5. The first-order valence-corrected chi connectivity index (χ1v) is 8.65. The van der Waals surface area contributed by atoms with Gasteiger partial charge in [-0.15, -0.1) is 0 Å². The average molecular weight is 296 g/mol. The molecule has 0 aromatic heterocycles. The molecule has 0 aliphatic carbocycles. The highest BCUT2D eigenvalue weighted by Gasteiger charge is 2.32. The molecule has 6 heteroatoms. The highest BCUT2D eigenvalue weighted by molar-refractivity contribution is 7.91. The Bertz CT molecular complexity index is 639. The van der Waals surface area contributed by atoms with Crippen LogP contribution in [0.3, 0.4) is 0 Å². The fourth-order valence-electron chi connectivity index (χ4n) is 2.89. The number of benzene rings is 1. The van der Waals surface area contributed by atoms with Crippen molar-refractivity contribution < 1.29 is 13.2 Å². The van der Waals surface area contributed by atoms with Gasteiger partial charge in [-0.05, 0) is 19.9 Å². The van der Waals surface area contributed by atoms with Gasteiger partial charge in [-0.25, -0.2) is 8.42 Å². The lowest BCUT2D eigenvalue weighted by atomic mass is 10.0. The second kappa shape index (κ2) is 4.28. The van der Waals surface area contributed by atoms with Crippen molar-refractivity contribution in [2.45, 2.75) is 25.9 Å². The van der Waals surface area contributed by atoms with Crippen LogP contribution in [0.15, 0.2) is 12.1 Å². The zero-order valence-corrected chi connectivity index (χ0v) is 12.7. The number of hydrogen-bond acceptors (Lipinski definition) is 5. The molecule has 0 radical (unpaired) electrons. The first-order chi connectivity index (χ1) is 9.26. The number of sulfone groups is 1. The van der Waals surface area contributed by atoms with Gasteiger partial charge in [0, 0.05) is 31.1 Å². The van der Waals surface area contributed by atoms with Crippen LogP contribution in [0, 0.1) is 0 Å². The number of nitrogen functional groups attached to an aromatic ring is 1. The van der Waals surface area contributed by atoms with Gasteiger partial charge in [0.25, 0.3) is 0 Å². The van der Waals surface area contributed by atoms with Crippen LogP contribution in [-0.4, -0.2) is 38.6 Å². The summed E-state index contributed by atoms with van der Waals surface area (Å²) in [6, 6.07) is 3.92. The van der Waals surface area contributed by atoms with Crippen molar-refractivity contribution in [3.63, 3.8) is 0 Å². The zero-order chi connectivity index (χ0) is 14.5. The van der Waals surface area contributed by atoms with Crippen molar-refractivity contribution in [2.75, 3.05) is 35.2 Å². The molecular formula is C14H20N2O3S. The van der Waals surface area contributed by atoms with Crippen LogP contribution in [-0.2, 0) is 16.3 Å². The summed E-state index contributed by atoms with van der Waals surface area (Å²) in [6.07, 6.45) is 0.848. The largest absolute Gasteiger partial charge is 0.487 e. The molecule has 0 bridgehead atoms. The minimum Gasteiger partial charge on any atom is -0.487 e. The predicted octanol–water partition coefficient (Wildman–Crippen LogP) is 1.22. The maximum absolute atomic E-state index is 11.5. The molecule has 2 aliphatic rings. The lowest BCUT2D eigenvalue weighted by Gasteiger charge is -2.30. The first-order valence-electron chi connectivity index (χ1n) is 6.83. The Morgan fingerprint density at radius 2 is 1.90 bits per heavy atom. The highest BCUT2D eigenvalue weighted by Crippen LogP contribution is 2.40. The molecule has 1 aromatic carbocycles. The molecule has 0 saturated carbocycles. The van der Waals surface area contributed by atoms with E-state index in [2.05, 4.69) is 13.8 Å². The molecule has 20 heavy (non-hydrogen) atoms. The lowest BCUT2D eigenvalue weighted by molar-refractivity contribution is 0.138. The van der Waals surface area contributed by atoms with Crippen LogP contribution in [0.5, 0.6) is 5.75 Å². The topological polar surface area (TPSA) is 72.6 Å². The maximum Gasteiger partial charge on any atom is 0.153 e. The van der Waals surface area contributed by atoms with E-state index in [0.29, 0.717) is 18.8 Å². The van der Waals surface area contributed by atoms with Crippen LogP contribution >= 0.6 is 0 Å². The van der Waals surface area contributed by atoms with Gasteiger partial charge < -0.3 is 15.4 Å². The third kappa shape index (κ3) is 2.44. The Labute approximate surface area is 119 Å². The summed E-state index contributed by atoms with van der Waals surface area (Å²) in [5, 5.41) is 0. The van der Waals surface area contributed by atoms with E-state index in [1.54, 1.807) is 0 Å². The van der Waals surface area contributed by atoms with Crippen LogP contribution in [0.4, 0.5) is 11.4 Å². The smallest absolute Gasteiger partial charge is 0.153 e. The van der Waals surface area contributed by atoms with Gasteiger partial charge in [-0.3, -0.25) is 0 Å². The molecule has 0 atom stereocenters. The number of nitrogens with two attached hydrogens (primary N) is 1. The number of hydrogen-bond donors (Lipinski definition) is 1. The van der Waals surface area contributed by atoms with Crippen molar-refractivity contribution in [3.8, 4) is 5.75 Å². The Morgan fingerprint density at radius 1 is 1.25 bits per heavy atom. The van der Waals surface area contributed by atoms with Crippen molar-refractivity contribution in [1.82, 2.24) is 0 Å². The van der Waals surface area contributed by atoms with Crippen molar-refractivity contribution in [2.24, 2.45) is 0 Å². The van der Waals surface area contributed by atoms with Crippen LogP contribution in [0.1, 0.15) is 19.4 Å². The molecule has 0 spiro atoms. The molecule has 1 fully saturated rings. The Balaban J connectivity index is 1.89. The van der Waals surface area contributed by atoms with E-state index in [4.69, 9.17) is 10.5 Å². The van der Waals surface area contributed by atoms with Crippen molar-refractivity contribution >= 4 is 21.2 Å². The van der Waals surface area contributed by atoms with Gasteiger partial charge >= 0.3 is 0 Å². The quantitative estimate of drug-likeness (QED) is 0.789. The lowest BCUT2D eigenvalue weighted by Crippen LogP contribution is -2.40. The fourth-order valence-corrected chi connectivity index (χ4v) is 4.09. The fraction of sp³-hybridized carbons (Fsp3) is 0.571. The van der Waals surface area contributed by atoms with Crippen LogP contribution in [0.2, 0.25) is 0 Å². The Hall–Kier alpha value is -1.43. The molecular weight excluding hydrogens is 276 g/mol. The molecule has 2 aliphatic heterocycles. The Kier molecular flexibility index (Phi) is 2.90. The monoisotopic (exact) mass is 296 g/mol. The van der Waals surface area contributed by atoms with E-state index in [0.717, 1.165) is 23.4 Å². The van der Waals surface area contributed by atoms with E-state index in [1.807, 2.05) is 17.0 Å². The van der Waals surface area contributed by atoms with E-state index >= 15 is 0 Å². The molecule has 110 valence electrons. The van der Waals surface area contributed by atoms with Gasteiger partial charge in [-0.1, -0.05) is 0 Å². The van der Waals surface area contributed by atoms with Gasteiger partial charge in [0.2, 0.25) is 0 Å². The number of fused-ring (bicyclic) bond motifs is 1. The molecule has 2 N–H and O–H groups in total. The number of nitrogens with zero attached hydrogens (tertiary/aromatic N) is 1. The molecule has 1 saturated heterocycles. The van der Waals surface area contributed by atoms with E-state index in [-0.39, 0.29) is 17.1 Å². The average Bonchev–Trinajstić information content (AvgIpc) is 2.61. The predicted molar refractivity (Wildman–Crippen MR) is 80.1 cm³/mol. The third-order valence-corrected chi connectivity index (χ3v) is 5.51. The SMILES string of the molecule is CC1(C)Cc2cc(N)c(N3CCS(=O)(=O)CC3)cc2O1. The molecule has 0 unspecified atom stereocenters. The molecule has 3 rings (SSSR count).